The molecule has 0 radical (unpaired) electrons. The first kappa shape index (κ1) is 31.7. The first-order valence-electron chi connectivity index (χ1n) is 12.5. The van der Waals surface area contributed by atoms with Crippen LogP contribution in [0.15, 0.2) is 50.5 Å². The smallest absolute Gasteiger partial charge is 0.335 e. The van der Waals surface area contributed by atoms with Crippen molar-refractivity contribution in [1.82, 2.24) is 18.3 Å². The first-order chi connectivity index (χ1) is 20.2. The van der Waals surface area contributed by atoms with Gasteiger partial charge in [0.05, 0.1) is 34.2 Å². The first-order valence-corrected chi connectivity index (χ1v) is 14.1. The van der Waals surface area contributed by atoms with Crippen LogP contribution in [0.5, 0.6) is 23.3 Å². The number of hydrogen-bond donors (Lipinski definition) is 3. The number of aromatic hydroxyl groups is 2. The van der Waals surface area contributed by atoms with Crippen molar-refractivity contribution in [2.75, 3.05) is 7.11 Å². The lowest BCUT2D eigenvalue weighted by atomic mass is 9.86. The third kappa shape index (κ3) is 5.62. The van der Waals surface area contributed by atoms with Gasteiger partial charge in [-0.2, -0.15) is 0 Å². The molecule has 0 fully saturated rings. The summed E-state index contributed by atoms with van der Waals surface area (Å²) in [7, 11) is 7.22. The molecule has 226 valence electrons. The van der Waals surface area contributed by atoms with Gasteiger partial charge in [0, 0.05) is 28.2 Å². The van der Waals surface area contributed by atoms with E-state index < -0.39 is 34.8 Å². The number of carboxylic acid groups (broad SMARTS) is 1. The highest BCUT2D eigenvalue weighted by Gasteiger charge is 2.33. The van der Waals surface area contributed by atoms with Crippen LogP contribution in [0, 0.1) is 9.54 Å². The molecule has 3 N–H and O–H groups in total. The Morgan fingerprint density at radius 3 is 1.81 bits per heavy atom. The summed E-state index contributed by atoms with van der Waals surface area (Å²) in [6, 6.07) is 9.27. The largest absolute Gasteiger partial charge is 0.494 e. The van der Waals surface area contributed by atoms with Crippen LogP contribution in [0.3, 0.4) is 0 Å². The van der Waals surface area contributed by atoms with E-state index in [1.165, 1.54) is 62.6 Å². The third-order valence-corrected chi connectivity index (χ3v) is 8.77. The van der Waals surface area contributed by atoms with Gasteiger partial charge in [-0.1, -0.05) is 12.1 Å². The van der Waals surface area contributed by atoms with E-state index in [1.54, 1.807) is 18.2 Å². The molecule has 0 saturated heterocycles. The second kappa shape index (κ2) is 12.2. The Hall–Kier alpha value is -4.21. The van der Waals surface area contributed by atoms with Gasteiger partial charge < -0.3 is 24.8 Å². The SMILES string of the molecule is COc1cc(C(c2c(O)n(C)c(=S)n(C)c2=O)c2c(O)n(C)c(=S)n(C)c2=O)cc(Br)c1OCc1ccc(C(=O)O)cc1. The molecule has 0 bridgehead atoms. The number of nitrogens with zero attached hydrogens (tertiary/aromatic N) is 4. The van der Waals surface area contributed by atoms with Gasteiger partial charge in [-0.25, -0.2) is 4.79 Å². The number of carbonyl (C=O) groups is 1. The zero-order valence-electron chi connectivity index (χ0n) is 23.6. The molecule has 0 aliphatic carbocycles. The number of halogens is 1. The summed E-state index contributed by atoms with van der Waals surface area (Å²) in [4.78, 5) is 38.4. The normalized spacial score (nSPS) is 11.1. The molecule has 0 spiro atoms. The summed E-state index contributed by atoms with van der Waals surface area (Å²) in [6.07, 6.45) is 0. The van der Waals surface area contributed by atoms with E-state index >= 15 is 0 Å². The van der Waals surface area contributed by atoms with Crippen LogP contribution < -0.4 is 20.6 Å². The quantitative estimate of drug-likeness (QED) is 0.233. The summed E-state index contributed by atoms with van der Waals surface area (Å²) in [5.41, 5.74) is -0.688. The maximum Gasteiger partial charge on any atom is 0.335 e. The van der Waals surface area contributed by atoms with E-state index in [4.69, 9.17) is 39.0 Å². The van der Waals surface area contributed by atoms with Gasteiger partial charge in [0.1, 0.15) is 6.61 Å². The molecule has 0 aliphatic heterocycles. The van der Waals surface area contributed by atoms with Gasteiger partial charge >= 0.3 is 5.97 Å². The number of rotatable bonds is 8. The summed E-state index contributed by atoms with van der Waals surface area (Å²) in [5, 5.41) is 31.6. The fraction of sp³-hybridized carbons (Fsp3) is 0.250. The second-order valence-electron chi connectivity index (χ2n) is 9.64. The Labute approximate surface area is 263 Å². The molecule has 4 rings (SSSR count). The van der Waals surface area contributed by atoms with E-state index in [2.05, 4.69) is 15.9 Å². The van der Waals surface area contributed by atoms with E-state index in [0.29, 0.717) is 10.0 Å². The fourth-order valence-electron chi connectivity index (χ4n) is 4.65. The lowest BCUT2D eigenvalue weighted by Crippen LogP contribution is -2.33. The zero-order chi connectivity index (χ0) is 31.9. The molecular weight excluding hydrogens is 664 g/mol. The van der Waals surface area contributed by atoms with Crippen LogP contribution in [0.1, 0.15) is 38.5 Å². The number of methoxy groups -OCH3 is 1. The number of carboxylic acids is 1. The summed E-state index contributed by atoms with van der Waals surface area (Å²) >= 11 is 14.1. The Morgan fingerprint density at radius 2 is 1.37 bits per heavy atom. The van der Waals surface area contributed by atoms with Crippen LogP contribution in [0.4, 0.5) is 0 Å². The number of hydrogen-bond acceptors (Lipinski definition) is 9. The Kier molecular flexibility index (Phi) is 8.99. The predicted molar refractivity (Wildman–Crippen MR) is 166 cm³/mol. The Morgan fingerprint density at radius 1 is 0.884 bits per heavy atom. The lowest BCUT2D eigenvalue weighted by Gasteiger charge is -2.24. The molecule has 4 aromatic rings. The van der Waals surface area contributed by atoms with E-state index in [1.807, 2.05) is 0 Å². The molecule has 2 aromatic carbocycles. The van der Waals surface area contributed by atoms with Crippen molar-refractivity contribution >= 4 is 46.3 Å². The summed E-state index contributed by atoms with van der Waals surface area (Å²) in [5.74, 6) is -2.87. The van der Waals surface area contributed by atoms with Crippen molar-refractivity contribution in [2.45, 2.75) is 12.5 Å². The molecule has 0 amide bonds. The number of ether oxygens (including phenoxy) is 2. The fourth-order valence-corrected chi connectivity index (χ4v) is 5.56. The van der Waals surface area contributed by atoms with Crippen LogP contribution in [-0.4, -0.2) is 46.7 Å². The minimum atomic E-state index is -1.32. The Bertz CT molecular complexity index is 1930. The van der Waals surface area contributed by atoms with Crippen LogP contribution in [-0.2, 0) is 34.8 Å². The summed E-state index contributed by atoms with van der Waals surface area (Å²) < 4.78 is 16.8. The topological polar surface area (TPSA) is 150 Å². The van der Waals surface area contributed by atoms with Gasteiger partial charge in [-0.3, -0.25) is 27.9 Å². The van der Waals surface area contributed by atoms with Crippen molar-refractivity contribution in [2.24, 2.45) is 28.2 Å². The van der Waals surface area contributed by atoms with Crippen molar-refractivity contribution in [3.05, 3.63) is 98.9 Å². The molecular formula is C28H27BrN4O8S2. The molecule has 0 unspecified atom stereocenters. The maximum atomic E-state index is 13.6. The monoisotopic (exact) mass is 690 g/mol. The van der Waals surface area contributed by atoms with Crippen LogP contribution >= 0.6 is 40.4 Å². The maximum absolute atomic E-state index is 13.6. The van der Waals surface area contributed by atoms with Crippen molar-refractivity contribution < 1.29 is 29.6 Å². The molecule has 0 atom stereocenters. The number of aromatic nitrogens is 4. The number of benzene rings is 2. The highest BCUT2D eigenvalue weighted by Crippen LogP contribution is 2.44. The average molecular weight is 692 g/mol. The van der Waals surface area contributed by atoms with Gasteiger partial charge in [-0.05, 0) is 75.8 Å². The molecule has 0 saturated carbocycles. The Balaban J connectivity index is 1.97. The molecule has 15 heteroatoms. The zero-order valence-corrected chi connectivity index (χ0v) is 26.8. The van der Waals surface area contributed by atoms with E-state index in [0.717, 1.165) is 9.13 Å². The van der Waals surface area contributed by atoms with Gasteiger partial charge in [0.15, 0.2) is 21.0 Å². The highest BCUT2D eigenvalue weighted by molar-refractivity contribution is 9.10. The summed E-state index contributed by atoms with van der Waals surface area (Å²) in [6.45, 7) is 0.0621. The average Bonchev–Trinajstić information content (AvgIpc) is 2.99. The molecule has 2 heterocycles. The standard InChI is InChI=1S/C28H27BrN4O8S2/c1-30-22(34)19(23(35)31(2)27(30)42)18(20-24(36)32(3)28(43)33(4)25(20)37)15-10-16(29)21(17(11-15)40-5)41-12-13-6-8-14(9-7-13)26(38)39/h6-11,18,34,36H,12H2,1-5H3,(H,38,39). The lowest BCUT2D eigenvalue weighted by molar-refractivity contribution is 0.0696. The minimum absolute atomic E-state index is 0.0347. The van der Waals surface area contributed by atoms with Crippen molar-refractivity contribution in [3.8, 4) is 23.3 Å². The van der Waals surface area contributed by atoms with Gasteiger partial charge in [-0.15, -0.1) is 0 Å². The van der Waals surface area contributed by atoms with E-state index in [9.17, 15) is 24.6 Å². The van der Waals surface area contributed by atoms with Crippen molar-refractivity contribution in [1.29, 1.82) is 0 Å². The molecule has 0 aliphatic rings. The molecule has 2 aromatic heterocycles. The van der Waals surface area contributed by atoms with Gasteiger partial charge in [0.25, 0.3) is 11.1 Å². The minimum Gasteiger partial charge on any atom is -0.494 e. The highest BCUT2D eigenvalue weighted by atomic mass is 79.9. The van der Waals surface area contributed by atoms with Gasteiger partial charge in [0.2, 0.25) is 11.8 Å². The van der Waals surface area contributed by atoms with Crippen LogP contribution in [0.25, 0.3) is 0 Å². The second-order valence-corrected chi connectivity index (χ2v) is 11.2. The molecule has 43 heavy (non-hydrogen) atoms. The number of aromatic carboxylic acids is 1. The van der Waals surface area contributed by atoms with Crippen molar-refractivity contribution in [3.63, 3.8) is 0 Å². The van der Waals surface area contributed by atoms with Crippen LogP contribution in [0.2, 0.25) is 0 Å². The predicted octanol–water partition coefficient (Wildman–Crippen LogP) is 3.86. The third-order valence-electron chi connectivity index (χ3n) is 7.08. The molecule has 12 nitrogen and oxygen atoms in total. The van der Waals surface area contributed by atoms with E-state index in [-0.39, 0.29) is 49.9 Å².